The van der Waals surface area contributed by atoms with Crippen LogP contribution in [0.1, 0.15) is 22.5 Å². The average molecular weight is 295 g/mol. The van der Waals surface area contributed by atoms with E-state index in [1.807, 2.05) is 0 Å². The van der Waals surface area contributed by atoms with E-state index in [2.05, 4.69) is 15.5 Å². The molecule has 0 unspecified atom stereocenters. The van der Waals surface area contributed by atoms with Crippen LogP contribution in [-0.2, 0) is 4.79 Å². The third kappa shape index (κ3) is 3.18. The lowest BCUT2D eigenvalue weighted by atomic mass is 10.3. The summed E-state index contributed by atoms with van der Waals surface area (Å²) in [7, 11) is 1.65. The van der Waals surface area contributed by atoms with Crippen LogP contribution in [0.25, 0.3) is 5.69 Å². The predicted molar refractivity (Wildman–Crippen MR) is 70.9 cm³/mol. The quantitative estimate of drug-likeness (QED) is 0.840. The standard InChI is InChI=1S/C11H13N5O3S/c1-15(5-2-3-9(17)18)11(19)10-8(4-6-20-10)16-7-12-13-14-16/h4,6-7H,2-3,5H2,1H3,(H,17,18). The Morgan fingerprint density at radius 3 is 2.95 bits per heavy atom. The zero-order valence-electron chi connectivity index (χ0n) is 10.8. The molecule has 0 spiro atoms. The summed E-state index contributed by atoms with van der Waals surface area (Å²) >= 11 is 1.30. The van der Waals surface area contributed by atoms with Crippen molar-refractivity contribution in [2.75, 3.05) is 13.6 Å². The monoisotopic (exact) mass is 295 g/mol. The zero-order chi connectivity index (χ0) is 14.5. The number of hydrogen-bond donors (Lipinski definition) is 1. The summed E-state index contributed by atoms with van der Waals surface area (Å²) in [6.07, 6.45) is 1.88. The summed E-state index contributed by atoms with van der Waals surface area (Å²) in [5, 5.41) is 21.2. The van der Waals surface area contributed by atoms with Gasteiger partial charge in [0.05, 0.1) is 5.69 Å². The number of rotatable bonds is 6. The molecule has 8 nitrogen and oxygen atoms in total. The second-order valence-corrected chi connectivity index (χ2v) is 5.03. The van der Waals surface area contributed by atoms with Crippen LogP contribution < -0.4 is 0 Å². The topological polar surface area (TPSA) is 101 Å². The van der Waals surface area contributed by atoms with Crippen LogP contribution in [0.2, 0.25) is 0 Å². The van der Waals surface area contributed by atoms with Gasteiger partial charge >= 0.3 is 5.97 Å². The van der Waals surface area contributed by atoms with Gasteiger partial charge in [0.25, 0.3) is 5.91 Å². The summed E-state index contributed by atoms with van der Waals surface area (Å²) in [6, 6.07) is 1.76. The summed E-state index contributed by atoms with van der Waals surface area (Å²) in [5.41, 5.74) is 0.620. The Labute approximate surface area is 118 Å². The molecule has 2 aromatic heterocycles. The first-order valence-electron chi connectivity index (χ1n) is 5.87. The normalized spacial score (nSPS) is 10.4. The maximum Gasteiger partial charge on any atom is 0.303 e. The fourth-order valence-electron chi connectivity index (χ4n) is 1.66. The van der Waals surface area contributed by atoms with Crippen molar-refractivity contribution in [3.8, 4) is 5.69 Å². The molecule has 0 aliphatic rings. The van der Waals surface area contributed by atoms with Crippen LogP contribution in [0.15, 0.2) is 17.8 Å². The molecule has 0 aliphatic heterocycles. The molecule has 20 heavy (non-hydrogen) atoms. The molecule has 1 amide bonds. The number of nitrogens with zero attached hydrogens (tertiary/aromatic N) is 5. The van der Waals surface area contributed by atoms with Gasteiger partial charge in [-0.1, -0.05) is 0 Å². The first-order valence-corrected chi connectivity index (χ1v) is 6.75. The SMILES string of the molecule is CN(CCCC(=O)O)C(=O)c1sccc1-n1cnnn1. The molecule has 2 rings (SSSR count). The van der Waals surface area contributed by atoms with Gasteiger partial charge in [0, 0.05) is 20.0 Å². The number of carboxylic acids is 1. The average Bonchev–Trinajstić information content (AvgIpc) is 3.07. The largest absolute Gasteiger partial charge is 0.481 e. The maximum atomic E-state index is 12.3. The highest BCUT2D eigenvalue weighted by Gasteiger charge is 2.19. The molecule has 2 aromatic rings. The van der Waals surface area contributed by atoms with Gasteiger partial charge in [-0.15, -0.1) is 16.4 Å². The second kappa shape index (κ2) is 6.24. The number of aliphatic carboxylic acids is 1. The number of tetrazole rings is 1. The van der Waals surface area contributed by atoms with E-state index in [9.17, 15) is 9.59 Å². The van der Waals surface area contributed by atoms with Crippen molar-refractivity contribution in [2.24, 2.45) is 0 Å². The number of amides is 1. The first kappa shape index (κ1) is 14.1. The molecular weight excluding hydrogens is 282 g/mol. The van der Waals surface area contributed by atoms with Crippen LogP contribution in [-0.4, -0.2) is 55.7 Å². The molecule has 1 N–H and O–H groups in total. The maximum absolute atomic E-state index is 12.3. The van der Waals surface area contributed by atoms with Crippen LogP contribution in [0, 0.1) is 0 Å². The fraction of sp³-hybridized carbons (Fsp3) is 0.364. The summed E-state index contributed by atoms with van der Waals surface area (Å²) in [4.78, 5) is 24.8. The van der Waals surface area contributed by atoms with E-state index in [1.54, 1.807) is 18.5 Å². The molecule has 2 heterocycles. The van der Waals surface area contributed by atoms with Crippen molar-refractivity contribution in [1.29, 1.82) is 0 Å². The number of hydrogen-bond acceptors (Lipinski definition) is 6. The van der Waals surface area contributed by atoms with Crippen LogP contribution in [0.4, 0.5) is 0 Å². The molecule has 0 aliphatic carbocycles. The van der Waals surface area contributed by atoms with Gasteiger partial charge in [-0.25, -0.2) is 0 Å². The lowest BCUT2D eigenvalue weighted by molar-refractivity contribution is -0.137. The highest BCUT2D eigenvalue weighted by Crippen LogP contribution is 2.21. The summed E-state index contributed by atoms with van der Waals surface area (Å²) < 4.78 is 1.43. The van der Waals surface area contributed by atoms with E-state index >= 15 is 0 Å². The third-order valence-electron chi connectivity index (χ3n) is 2.67. The van der Waals surface area contributed by atoms with E-state index in [0.29, 0.717) is 23.5 Å². The number of aromatic nitrogens is 4. The molecule has 0 saturated heterocycles. The minimum absolute atomic E-state index is 0.0436. The van der Waals surface area contributed by atoms with Gasteiger partial charge in [0.15, 0.2) is 0 Å². The Morgan fingerprint density at radius 1 is 1.50 bits per heavy atom. The van der Waals surface area contributed by atoms with Gasteiger partial charge < -0.3 is 10.0 Å². The Bertz CT molecular complexity index is 595. The van der Waals surface area contributed by atoms with Crippen LogP contribution in [0.3, 0.4) is 0 Å². The van der Waals surface area contributed by atoms with E-state index < -0.39 is 5.97 Å². The van der Waals surface area contributed by atoms with Gasteiger partial charge in [0.2, 0.25) is 0 Å². The van der Waals surface area contributed by atoms with Gasteiger partial charge in [0.1, 0.15) is 11.2 Å². The number of carbonyl (C=O) groups is 2. The molecule has 0 fully saturated rings. The third-order valence-corrected chi connectivity index (χ3v) is 3.56. The Kier molecular flexibility index (Phi) is 4.41. The van der Waals surface area contributed by atoms with Crippen molar-refractivity contribution in [1.82, 2.24) is 25.1 Å². The van der Waals surface area contributed by atoms with Crippen molar-refractivity contribution >= 4 is 23.2 Å². The first-order chi connectivity index (χ1) is 9.59. The van der Waals surface area contributed by atoms with Crippen LogP contribution >= 0.6 is 11.3 Å². The Hall–Kier alpha value is -2.29. The van der Waals surface area contributed by atoms with E-state index in [1.165, 1.54) is 27.2 Å². The van der Waals surface area contributed by atoms with Gasteiger partial charge in [-0.3, -0.25) is 9.59 Å². The molecular formula is C11H13N5O3S. The number of carboxylic acid groups (broad SMARTS) is 1. The van der Waals surface area contributed by atoms with Gasteiger partial charge in [-0.2, -0.15) is 4.68 Å². The molecule has 0 radical (unpaired) electrons. The van der Waals surface area contributed by atoms with Crippen molar-refractivity contribution in [3.05, 3.63) is 22.7 Å². The fourth-order valence-corrected chi connectivity index (χ4v) is 2.53. The highest BCUT2D eigenvalue weighted by molar-refractivity contribution is 7.12. The molecule has 9 heteroatoms. The van der Waals surface area contributed by atoms with E-state index in [4.69, 9.17) is 5.11 Å². The predicted octanol–water partition coefficient (Wildman–Crippen LogP) is 0.661. The van der Waals surface area contributed by atoms with E-state index in [0.717, 1.165) is 0 Å². The van der Waals surface area contributed by atoms with E-state index in [-0.39, 0.29) is 12.3 Å². The van der Waals surface area contributed by atoms with Crippen LogP contribution in [0.5, 0.6) is 0 Å². The summed E-state index contributed by atoms with van der Waals surface area (Å²) in [6.45, 7) is 0.387. The van der Waals surface area contributed by atoms with Crippen molar-refractivity contribution in [3.63, 3.8) is 0 Å². The Morgan fingerprint density at radius 2 is 2.30 bits per heavy atom. The molecule has 106 valence electrons. The number of thiophene rings is 1. The molecule has 0 aromatic carbocycles. The van der Waals surface area contributed by atoms with Crippen molar-refractivity contribution < 1.29 is 14.7 Å². The lowest BCUT2D eigenvalue weighted by Crippen LogP contribution is -2.28. The Balaban J connectivity index is 2.06. The summed E-state index contributed by atoms with van der Waals surface area (Å²) in [5.74, 6) is -1.03. The second-order valence-electron chi connectivity index (χ2n) is 4.11. The zero-order valence-corrected chi connectivity index (χ0v) is 11.6. The minimum atomic E-state index is -0.864. The molecule has 0 atom stereocenters. The number of carbonyl (C=O) groups excluding carboxylic acids is 1. The lowest BCUT2D eigenvalue weighted by Gasteiger charge is -2.16. The van der Waals surface area contributed by atoms with Gasteiger partial charge in [-0.05, 0) is 28.3 Å². The highest BCUT2D eigenvalue weighted by atomic mass is 32.1. The minimum Gasteiger partial charge on any atom is -0.481 e. The smallest absolute Gasteiger partial charge is 0.303 e. The van der Waals surface area contributed by atoms with Crippen molar-refractivity contribution in [2.45, 2.75) is 12.8 Å². The molecule has 0 bridgehead atoms. The molecule has 0 saturated carbocycles.